The second kappa shape index (κ2) is 26.2. The summed E-state index contributed by atoms with van der Waals surface area (Å²) in [6.07, 6.45) is 21.4. The third-order valence-electron chi connectivity index (χ3n) is 6.80. The third-order valence-corrected chi connectivity index (χ3v) is 7.78. The van der Waals surface area contributed by atoms with Gasteiger partial charge in [-0.05, 0) is 32.1 Å². The maximum atomic E-state index is 12.4. The molecule has 0 heterocycles. The smallest absolute Gasteiger partial charge is 0.462 e. The summed E-state index contributed by atoms with van der Waals surface area (Å²) in [7, 11) is 1.47. The van der Waals surface area contributed by atoms with Crippen LogP contribution in [-0.2, 0) is 32.7 Å². The molecule has 0 aliphatic heterocycles. The Labute approximate surface area is 256 Å². The van der Waals surface area contributed by atoms with Gasteiger partial charge in [0.1, 0.15) is 19.8 Å². The van der Waals surface area contributed by atoms with Crippen molar-refractivity contribution in [1.29, 1.82) is 0 Å². The predicted molar refractivity (Wildman–Crippen MR) is 169 cm³/mol. The molecule has 9 nitrogen and oxygen atoms in total. The summed E-state index contributed by atoms with van der Waals surface area (Å²) in [5.74, 6) is -0.819. The Bertz CT molecular complexity index is 753. The van der Waals surface area contributed by atoms with Gasteiger partial charge in [0.2, 0.25) is 0 Å². The number of carbonyl (C=O) groups is 2. The zero-order valence-corrected chi connectivity index (χ0v) is 28.4. The number of allylic oxidation sites excluding steroid dienone is 2. The van der Waals surface area contributed by atoms with Crippen LogP contribution in [0.1, 0.15) is 129 Å². The summed E-state index contributed by atoms with van der Waals surface area (Å²) in [4.78, 5) is 34.8. The summed E-state index contributed by atoms with van der Waals surface area (Å²) >= 11 is 0. The molecular formula is C32H63NO8P+. The fraction of sp³-hybridized carbons (Fsp3) is 0.875. The molecule has 0 bridgehead atoms. The van der Waals surface area contributed by atoms with Crippen LogP contribution in [0.2, 0.25) is 0 Å². The quantitative estimate of drug-likeness (QED) is 0.0296. The molecule has 0 saturated carbocycles. The number of rotatable bonds is 29. The first-order valence-electron chi connectivity index (χ1n) is 16.4. The molecule has 2 atom stereocenters. The second-order valence-electron chi connectivity index (χ2n) is 12.2. The molecule has 248 valence electrons. The van der Waals surface area contributed by atoms with E-state index in [0.717, 1.165) is 64.2 Å². The number of esters is 2. The topological polar surface area (TPSA) is 108 Å². The van der Waals surface area contributed by atoms with Gasteiger partial charge in [-0.1, -0.05) is 96.6 Å². The fourth-order valence-corrected chi connectivity index (χ4v) is 4.85. The number of phosphoric acid groups is 1. The summed E-state index contributed by atoms with van der Waals surface area (Å²) in [5, 5.41) is 0. The van der Waals surface area contributed by atoms with Crippen molar-refractivity contribution in [3.05, 3.63) is 12.2 Å². The van der Waals surface area contributed by atoms with Crippen LogP contribution in [0, 0.1) is 0 Å². The van der Waals surface area contributed by atoms with Crippen molar-refractivity contribution >= 4 is 19.8 Å². The molecule has 0 fully saturated rings. The molecule has 0 aliphatic carbocycles. The van der Waals surface area contributed by atoms with E-state index in [1.54, 1.807) is 0 Å². The molecule has 0 aromatic rings. The van der Waals surface area contributed by atoms with Crippen LogP contribution in [0.3, 0.4) is 0 Å². The number of nitrogens with zero attached hydrogens (tertiary/aromatic N) is 1. The lowest BCUT2D eigenvalue weighted by Gasteiger charge is -2.24. The Balaban J connectivity index is 4.50. The van der Waals surface area contributed by atoms with Crippen LogP contribution < -0.4 is 0 Å². The Kier molecular flexibility index (Phi) is 25.4. The van der Waals surface area contributed by atoms with E-state index in [2.05, 4.69) is 26.0 Å². The van der Waals surface area contributed by atoms with Gasteiger partial charge >= 0.3 is 19.8 Å². The van der Waals surface area contributed by atoms with Gasteiger partial charge in [-0.25, -0.2) is 4.57 Å². The monoisotopic (exact) mass is 620 g/mol. The van der Waals surface area contributed by atoms with Crippen molar-refractivity contribution < 1.29 is 42.1 Å². The minimum Gasteiger partial charge on any atom is -0.462 e. The van der Waals surface area contributed by atoms with Crippen LogP contribution in [0.5, 0.6) is 0 Å². The molecule has 0 rings (SSSR count). The summed E-state index contributed by atoms with van der Waals surface area (Å²) < 4.78 is 33.9. The fourth-order valence-electron chi connectivity index (χ4n) is 4.11. The van der Waals surface area contributed by atoms with Gasteiger partial charge < -0.3 is 18.9 Å². The lowest BCUT2D eigenvalue weighted by Crippen LogP contribution is -2.37. The van der Waals surface area contributed by atoms with Crippen molar-refractivity contribution in [3.63, 3.8) is 0 Å². The van der Waals surface area contributed by atoms with Gasteiger partial charge in [-0.2, -0.15) is 0 Å². The normalized spacial score (nSPS) is 14.1. The minimum absolute atomic E-state index is 0.0324. The summed E-state index contributed by atoms with van der Waals surface area (Å²) in [6.45, 7) is 4.29. The SMILES string of the molecule is CCCC/C=C/CCCCCCCC(=O)OC[C@H](COP(=O)(O)OCC[N+](C)(C)C)OC(=O)CCCCCCCCC. The predicted octanol–water partition coefficient (Wildman–Crippen LogP) is 7.90. The molecule has 1 unspecified atom stereocenters. The van der Waals surface area contributed by atoms with E-state index in [0.29, 0.717) is 17.4 Å². The third kappa shape index (κ3) is 28.9. The Morgan fingerprint density at radius 3 is 1.83 bits per heavy atom. The van der Waals surface area contributed by atoms with E-state index in [4.69, 9.17) is 18.5 Å². The second-order valence-corrected chi connectivity index (χ2v) is 13.7. The number of phosphoric ester groups is 1. The number of hydrogen-bond donors (Lipinski definition) is 1. The Morgan fingerprint density at radius 2 is 1.24 bits per heavy atom. The van der Waals surface area contributed by atoms with Crippen molar-refractivity contribution in [1.82, 2.24) is 0 Å². The van der Waals surface area contributed by atoms with Crippen LogP contribution in [0.25, 0.3) is 0 Å². The highest BCUT2D eigenvalue weighted by molar-refractivity contribution is 7.47. The van der Waals surface area contributed by atoms with Crippen molar-refractivity contribution in [3.8, 4) is 0 Å². The first-order chi connectivity index (χ1) is 20.0. The highest BCUT2D eigenvalue weighted by Crippen LogP contribution is 2.43. The molecular weight excluding hydrogens is 557 g/mol. The zero-order chi connectivity index (χ0) is 31.5. The van der Waals surface area contributed by atoms with Gasteiger partial charge in [0, 0.05) is 12.8 Å². The van der Waals surface area contributed by atoms with Crippen LogP contribution >= 0.6 is 7.82 Å². The average molecular weight is 621 g/mol. The number of unbranched alkanes of at least 4 members (excludes halogenated alkanes) is 13. The number of likely N-dealkylation sites (N-methyl/N-ethyl adjacent to an activating group) is 1. The Hall–Kier alpha value is -1.25. The summed E-state index contributed by atoms with van der Waals surface area (Å²) in [5.41, 5.74) is 0. The van der Waals surface area contributed by atoms with Gasteiger partial charge in [0.25, 0.3) is 0 Å². The van der Waals surface area contributed by atoms with Crippen LogP contribution in [-0.4, -0.2) is 74.9 Å². The molecule has 0 radical (unpaired) electrons. The molecule has 1 N–H and O–H groups in total. The van der Waals surface area contributed by atoms with Gasteiger partial charge in [-0.15, -0.1) is 0 Å². The van der Waals surface area contributed by atoms with E-state index in [-0.39, 0.29) is 32.0 Å². The molecule has 0 amide bonds. The lowest BCUT2D eigenvalue weighted by molar-refractivity contribution is -0.870. The standard InChI is InChI=1S/C32H62NO8P/c1-6-8-10-12-14-15-16-17-19-20-22-24-31(34)38-28-30(29-40-42(36,37)39-27-26-33(3,4)5)41-32(35)25-23-21-18-13-11-9-7-2/h12,14,30H,6-11,13,15-29H2,1-5H3/p+1/b14-12+/t30-/m1/s1. The number of ether oxygens (including phenoxy) is 2. The number of carbonyl (C=O) groups excluding carboxylic acids is 2. The first-order valence-corrected chi connectivity index (χ1v) is 17.9. The van der Waals surface area contributed by atoms with Crippen LogP contribution in [0.15, 0.2) is 12.2 Å². The van der Waals surface area contributed by atoms with E-state index in [9.17, 15) is 19.0 Å². The summed E-state index contributed by atoms with van der Waals surface area (Å²) in [6, 6.07) is 0. The first kappa shape index (κ1) is 40.8. The van der Waals surface area contributed by atoms with Crippen molar-refractivity contribution in [2.45, 2.75) is 136 Å². The largest absolute Gasteiger partial charge is 0.472 e. The average Bonchev–Trinajstić information content (AvgIpc) is 2.91. The maximum Gasteiger partial charge on any atom is 0.472 e. The number of quaternary nitrogens is 1. The minimum atomic E-state index is -4.35. The van der Waals surface area contributed by atoms with Gasteiger partial charge in [0.15, 0.2) is 6.10 Å². The van der Waals surface area contributed by atoms with E-state index >= 15 is 0 Å². The Morgan fingerprint density at radius 1 is 0.714 bits per heavy atom. The molecule has 42 heavy (non-hydrogen) atoms. The molecule has 0 aromatic carbocycles. The highest BCUT2D eigenvalue weighted by Gasteiger charge is 2.27. The molecule has 0 saturated heterocycles. The lowest BCUT2D eigenvalue weighted by atomic mass is 10.1. The maximum absolute atomic E-state index is 12.4. The van der Waals surface area contributed by atoms with E-state index in [1.807, 2.05) is 21.1 Å². The van der Waals surface area contributed by atoms with Gasteiger partial charge in [0.05, 0.1) is 27.7 Å². The van der Waals surface area contributed by atoms with Crippen molar-refractivity contribution in [2.75, 3.05) is 47.5 Å². The number of hydrogen-bond acceptors (Lipinski definition) is 7. The molecule has 0 spiro atoms. The van der Waals surface area contributed by atoms with Gasteiger partial charge in [-0.3, -0.25) is 18.6 Å². The molecule has 10 heteroatoms. The van der Waals surface area contributed by atoms with E-state index < -0.39 is 26.5 Å². The van der Waals surface area contributed by atoms with E-state index in [1.165, 1.54) is 32.1 Å². The van der Waals surface area contributed by atoms with Crippen molar-refractivity contribution in [2.24, 2.45) is 0 Å². The molecule has 0 aliphatic rings. The highest BCUT2D eigenvalue weighted by atomic mass is 31.2. The molecule has 0 aromatic heterocycles. The zero-order valence-electron chi connectivity index (χ0n) is 27.5. The van der Waals surface area contributed by atoms with Crippen LogP contribution in [0.4, 0.5) is 0 Å².